The fourth-order valence-electron chi connectivity index (χ4n) is 3.77. The average Bonchev–Trinajstić information content (AvgIpc) is 3.42. The molecule has 11 nitrogen and oxygen atoms in total. The highest BCUT2D eigenvalue weighted by Gasteiger charge is 2.34. The molecule has 0 spiro atoms. The van der Waals surface area contributed by atoms with Gasteiger partial charge in [0.15, 0.2) is 11.0 Å². The Bertz CT molecular complexity index is 1270. The summed E-state index contributed by atoms with van der Waals surface area (Å²) in [5, 5.41) is 13.6. The summed E-state index contributed by atoms with van der Waals surface area (Å²) in [4.78, 5) is 42.4. The van der Waals surface area contributed by atoms with E-state index >= 15 is 0 Å². The Kier molecular flexibility index (Phi) is 7.45. The van der Waals surface area contributed by atoms with E-state index in [1.54, 1.807) is 20.1 Å². The molecule has 0 saturated carbocycles. The van der Waals surface area contributed by atoms with Gasteiger partial charge in [-0.25, -0.2) is 14.8 Å². The summed E-state index contributed by atoms with van der Waals surface area (Å²) >= 11 is 13.3. The molecule has 0 aliphatic carbocycles. The van der Waals surface area contributed by atoms with E-state index in [4.69, 9.17) is 32.7 Å². The van der Waals surface area contributed by atoms with Crippen LogP contribution in [0.3, 0.4) is 0 Å². The Hall–Kier alpha value is -2.93. The van der Waals surface area contributed by atoms with Crippen LogP contribution in [0.15, 0.2) is 12.3 Å². The van der Waals surface area contributed by atoms with Crippen molar-refractivity contribution in [3.63, 3.8) is 0 Å². The number of rotatable bonds is 7. The molecule has 0 unspecified atom stereocenters. The number of aromatic amines is 1. The molecule has 4 rings (SSSR count). The number of nitrogens with one attached hydrogen (secondary N) is 2. The highest BCUT2D eigenvalue weighted by atomic mass is 35.5. The van der Waals surface area contributed by atoms with E-state index in [9.17, 15) is 14.7 Å². The number of carboxylic acids is 1. The van der Waals surface area contributed by atoms with Crippen molar-refractivity contribution in [2.45, 2.75) is 25.5 Å². The van der Waals surface area contributed by atoms with Crippen molar-refractivity contribution >= 4 is 51.5 Å². The zero-order valence-electron chi connectivity index (χ0n) is 19.0. The molecule has 35 heavy (non-hydrogen) atoms. The van der Waals surface area contributed by atoms with Crippen LogP contribution in [0, 0.1) is 6.92 Å². The first-order chi connectivity index (χ1) is 16.7. The molecule has 1 amide bonds. The van der Waals surface area contributed by atoms with E-state index in [2.05, 4.69) is 25.3 Å². The molecular weight excluding hydrogens is 519 g/mol. The number of halogens is 2. The smallest absolute Gasteiger partial charge is 0.348 e. The maximum atomic E-state index is 12.8. The second kappa shape index (κ2) is 10.4. The molecule has 0 radical (unpaired) electrons. The van der Waals surface area contributed by atoms with Gasteiger partial charge >= 0.3 is 5.97 Å². The maximum Gasteiger partial charge on any atom is 0.348 e. The van der Waals surface area contributed by atoms with Gasteiger partial charge in [0, 0.05) is 38.2 Å². The number of anilines is 1. The highest BCUT2D eigenvalue weighted by molar-refractivity contribution is 7.17. The van der Waals surface area contributed by atoms with Gasteiger partial charge in [-0.3, -0.25) is 4.79 Å². The van der Waals surface area contributed by atoms with Gasteiger partial charge < -0.3 is 29.8 Å². The molecule has 1 aliphatic rings. The number of ether oxygens (including phenoxy) is 2. The normalized spacial score (nSPS) is 17.9. The monoisotopic (exact) mass is 540 g/mol. The lowest BCUT2D eigenvalue weighted by Crippen LogP contribution is -2.55. The molecule has 2 atom stereocenters. The first kappa shape index (κ1) is 25.2. The third-order valence-electron chi connectivity index (χ3n) is 5.59. The number of carbonyl (C=O) groups excluding carboxylic acids is 1. The lowest BCUT2D eigenvalue weighted by atomic mass is 10.0. The molecule has 0 bridgehead atoms. The summed E-state index contributed by atoms with van der Waals surface area (Å²) in [5.74, 6) is -1.05. The predicted octanol–water partition coefficient (Wildman–Crippen LogP) is 3.27. The van der Waals surface area contributed by atoms with E-state index in [0.717, 1.165) is 11.3 Å². The van der Waals surface area contributed by atoms with Crippen molar-refractivity contribution in [3.8, 4) is 17.4 Å². The first-order valence-corrected chi connectivity index (χ1v) is 12.0. The number of aromatic nitrogens is 4. The minimum Gasteiger partial charge on any atom is -0.481 e. The van der Waals surface area contributed by atoms with Gasteiger partial charge in [0.05, 0.1) is 29.3 Å². The third kappa shape index (κ3) is 5.06. The lowest BCUT2D eigenvalue weighted by molar-refractivity contribution is 0.0540. The van der Waals surface area contributed by atoms with Gasteiger partial charge in [-0.1, -0.05) is 34.5 Å². The van der Waals surface area contributed by atoms with Gasteiger partial charge in [0.25, 0.3) is 5.91 Å². The fourth-order valence-corrected chi connectivity index (χ4v) is 5.13. The van der Waals surface area contributed by atoms with Gasteiger partial charge in [-0.05, 0) is 13.3 Å². The van der Waals surface area contributed by atoms with Crippen LogP contribution in [0.2, 0.25) is 10.0 Å². The number of amides is 1. The second-order valence-corrected chi connectivity index (χ2v) is 9.48. The van der Waals surface area contributed by atoms with Gasteiger partial charge in [0.1, 0.15) is 16.3 Å². The summed E-state index contributed by atoms with van der Waals surface area (Å²) in [5.41, 5.74) is 0.962. The Balaban J connectivity index is 1.53. The molecule has 3 aromatic heterocycles. The summed E-state index contributed by atoms with van der Waals surface area (Å²) < 4.78 is 10.8. The molecule has 0 aromatic carbocycles. The van der Waals surface area contributed by atoms with Crippen molar-refractivity contribution in [1.29, 1.82) is 0 Å². The van der Waals surface area contributed by atoms with Crippen LogP contribution in [0.25, 0.3) is 11.5 Å². The van der Waals surface area contributed by atoms with Crippen LogP contribution >= 0.6 is 34.5 Å². The number of methoxy groups -OCH3 is 2. The number of aryl methyl sites for hydroxylation is 1. The number of hydrogen-bond donors (Lipinski definition) is 3. The number of aromatic carboxylic acids is 1. The van der Waals surface area contributed by atoms with E-state index in [1.165, 1.54) is 13.3 Å². The minimum absolute atomic E-state index is 0.0197. The SMILES string of the molecule is COc1ccnc(-c2nc(N3CC[C@@H](NC(=O)c4[nH]c(C)c(Cl)c4Cl)[C@@H](OC)C3)sc2C(=O)O)n1. The Morgan fingerprint density at radius 3 is 2.69 bits per heavy atom. The van der Waals surface area contributed by atoms with Crippen LogP contribution in [-0.4, -0.2) is 76.4 Å². The van der Waals surface area contributed by atoms with Crippen molar-refractivity contribution in [2.24, 2.45) is 0 Å². The van der Waals surface area contributed by atoms with Crippen molar-refractivity contribution in [2.75, 3.05) is 32.2 Å². The standard InChI is InChI=1S/C21H22Cl2N6O5S/c1-9-13(22)14(23)15(25-9)19(30)26-10-5-7-29(8-11(10)33-2)21-28-16(17(35-21)20(31)32)18-24-6-4-12(27-18)34-3/h4,6,10-11,25H,5,7-8H2,1-3H3,(H,26,30)(H,31,32)/t10-,11+/m1/s1. The number of nitrogens with zero attached hydrogens (tertiary/aromatic N) is 4. The largest absolute Gasteiger partial charge is 0.481 e. The number of piperidine rings is 1. The van der Waals surface area contributed by atoms with Gasteiger partial charge in [-0.15, -0.1) is 0 Å². The predicted molar refractivity (Wildman–Crippen MR) is 131 cm³/mol. The lowest BCUT2D eigenvalue weighted by Gasteiger charge is -2.37. The minimum atomic E-state index is -1.13. The van der Waals surface area contributed by atoms with Crippen LogP contribution in [-0.2, 0) is 4.74 Å². The van der Waals surface area contributed by atoms with E-state index in [0.29, 0.717) is 41.2 Å². The van der Waals surface area contributed by atoms with Crippen LogP contribution in [0.1, 0.15) is 32.3 Å². The second-order valence-electron chi connectivity index (χ2n) is 7.74. The molecule has 14 heteroatoms. The zero-order valence-corrected chi connectivity index (χ0v) is 21.3. The topological polar surface area (TPSA) is 143 Å². The molecule has 1 saturated heterocycles. The summed E-state index contributed by atoms with van der Waals surface area (Å²) in [7, 11) is 3.01. The van der Waals surface area contributed by atoms with Gasteiger partial charge in [0.2, 0.25) is 5.88 Å². The van der Waals surface area contributed by atoms with Crippen LogP contribution in [0.5, 0.6) is 5.88 Å². The fraction of sp³-hybridized carbons (Fsp3) is 0.381. The third-order valence-corrected chi connectivity index (χ3v) is 7.64. The number of thiazole rings is 1. The highest BCUT2D eigenvalue weighted by Crippen LogP contribution is 2.34. The van der Waals surface area contributed by atoms with Crippen LogP contribution < -0.4 is 15.0 Å². The number of H-pyrrole nitrogens is 1. The van der Waals surface area contributed by atoms with E-state index in [-0.39, 0.29) is 45.2 Å². The number of hydrogen-bond acceptors (Lipinski definition) is 9. The molecule has 4 heterocycles. The number of carbonyl (C=O) groups is 2. The van der Waals surface area contributed by atoms with Crippen molar-refractivity contribution in [3.05, 3.63) is 38.6 Å². The summed E-state index contributed by atoms with van der Waals surface area (Å²) in [6, 6.07) is 1.26. The zero-order chi connectivity index (χ0) is 25.3. The Morgan fingerprint density at radius 2 is 2.06 bits per heavy atom. The maximum absolute atomic E-state index is 12.8. The summed E-state index contributed by atoms with van der Waals surface area (Å²) in [6.07, 6.45) is 1.63. The molecule has 1 aliphatic heterocycles. The molecule has 1 fully saturated rings. The quantitative estimate of drug-likeness (QED) is 0.411. The molecule has 3 N–H and O–H groups in total. The molecule has 3 aromatic rings. The molecular formula is C21H22Cl2N6O5S. The van der Waals surface area contributed by atoms with Crippen molar-refractivity contribution < 1.29 is 24.2 Å². The Labute approximate surface area is 214 Å². The van der Waals surface area contributed by atoms with E-state index < -0.39 is 5.97 Å². The van der Waals surface area contributed by atoms with Crippen molar-refractivity contribution in [1.82, 2.24) is 25.3 Å². The molecule has 186 valence electrons. The van der Waals surface area contributed by atoms with E-state index in [1.807, 2.05) is 4.90 Å². The summed E-state index contributed by atoms with van der Waals surface area (Å²) in [6.45, 7) is 2.62. The Morgan fingerprint density at radius 1 is 1.29 bits per heavy atom. The first-order valence-electron chi connectivity index (χ1n) is 10.5. The average molecular weight is 541 g/mol. The van der Waals surface area contributed by atoms with Gasteiger partial charge in [-0.2, -0.15) is 4.98 Å². The number of carboxylic acid groups (broad SMARTS) is 1. The van der Waals surface area contributed by atoms with Crippen LogP contribution in [0.4, 0.5) is 5.13 Å².